The van der Waals surface area contributed by atoms with E-state index in [9.17, 15) is 4.79 Å². The van der Waals surface area contributed by atoms with E-state index in [1.165, 1.54) is 11.8 Å². The Morgan fingerprint density at radius 2 is 1.55 bits per heavy atom. The average molecular weight is 484 g/mol. The first-order valence-corrected chi connectivity index (χ1v) is 11.4. The maximum Gasteiger partial charge on any atom is 0.234 e. The highest BCUT2D eigenvalue weighted by molar-refractivity contribution is 8.00. The molecule has 1 amide bonds. The first kappa shape index (κ1) is 24.2. The molecule has 0 heterocycles. The number of ether oxygens (including phenoxy) is 3. The van der Waals surface area contributed by atoms with Crippen LogP contribution in [0, 0.1) is 0 Å². The Labute approximate surface area is 202 Å². The Morgan fingerprint density at radius 1 is 0.818 bits per heavy atom. The van der Waals surface area contributed by atoms with Crippen molar-refractivity contribution in [2.24, 2.45) is 0 Å². The summed E-state index contributed by atoms with van der Waals surface area (Å²) in [6, 6.07) is 20.4. The maximum atomic E-state index is 12.4. The quantitative estimate of drug-likeness (QED) is 0.281. The molecular formula is C24H25N3O4S2. The van der Waals surface area contributed by atoms with Gasteiger partial charge in [0.15, 0.2) is 5.11 Å². The van der Waals surface area contributed by atoms with E-state index in [0.717, 1.165) is 16.3 Å². The number of carbonyl (C=O) groups is 1. The maximum absolute atomic E-state index is 12.4. The van der Waals surface area contributed by atoms with Crippen LogP contribution in [0.25, 0.3) is 0 Å². The van der Waals surface area contributed by atoms with Gasteiger partial charge in [0.25, 0.3) is 0 Å². The van der Waals surface area contributed by atoms with Gasteiger partial charge < -0.3 is 30.2 Å². The summed E-state index contributed by atoms with van der Waals surface area (Å²) >= 11 is 6.84. The zero-order valence-corrected chi connectivity index (χ0v) is 20.1. The number of thioether (sulfide) groups is 1. The molecule has 3 rings (SSSR count). The summed E-state index contributed by atoms with van der Waals surface area (Å²) in [4.78, 5) is 13.4. The third-order valence-corrected chi connectivity index (χ3v) is 5.65. The Hall–Kier alpha value is -3.43. The van der Waals surface area contributed by atoms with E-state index in [4.69, 9.17) is 26.4 Å². The van der Waals surface area contributed by atoms with Crippen molar-refractivity contribution in [3.05, 3.63) is 66.7 Å². The van der Waals surface area contributed by atoms with Crippen molar-refractivity contribution in [3.8, 4) is 17.2 Å². The molecule has 0 unspecified atom stereocenters. The van der Waals surface area contributed by atoms with E-state index in [1.54, 1.807) is 39.5 Å². The first-order chi connectivity index (χ1) is 16.0. The molecule has 7 nitrogen and oxygen atoms in total. The van der Waals surface area contributed by atoms with Crippen molar-refractivity contribution in [1.82, 2.24) is 0 Å². The van der Waals surface area contributed by atoms with Crippen molar-refractivity contribution in [2.45, 2.75) is 4.90 Å². The van der Waals surface area contributed by atoms with E-state index >= 15 is 0 Å². The molecule has 9 heteroatoms. The Morgan fingerprint density at radius 3 is 2.24 bits per heavy atom. The molecule has 0 saturated carbocycles. The second kappa shape index (κ2) is 12.0. The van der Waals surface area contributed by atoms with Gasteiger partial charge in [-0.3, -0.25) is 4.79 Å². The van der Waals surface area contributed by atoms with Crippen LogP contribution in [0.2, 0.25) is 0 Å². The fraction of sp³-hybridized carbons (Fsp3) is 0.167. The second-order valence-corrected chi connectivity index (χ2v) is 8.20. The number of thiocarbonyl (C=S) groups is 1. The van der Waals surface area contributed by atoms with Gasteiger partial charge in [-0.05, 0) is 42.5 Å². The van der Waals surface area contributed by atoms with Crippen LogP contribution < -0.4 is 30.2 Å². The second-order valence-electron chi connectivity index (χ2n) is 6.75. The van der Waals surface area contributed by atoms with Crippen LogP contribution in [0.5, 0.6) is 17.2 Å². The van der Waals surface area contributed by atoms with Crippen LogP contribution in [0.15, 0.2) is 71.6 Å². The molecule has 0 aromatic heterocycles. The van der Waals surface area contributed by atoms with Gasteiger partial charge in [-0.15, -0.1) is 11.8 Å². The van der Waals surface area contributed by atoms with Gasteiger partial charge in [0, 0.05) is 34.5 Å². The monoisotopic (exact) mass is 483 g/mol. The minimum absolute atomic E-state index is 0.137. The van der Waals surface area contributed by atoms with Gasteiger partial charge in [-0.1, -0.05) is 18.2 Å². The van der Waals surface area contributed by atoms with Crippen molar-refractivity contribution in [3.63, 3.8) is 0 Å². The highest BCUT2D eigenvalue weighted by Gasteiger charge is 2.09. The summed E-state index contributed by atoms with van der Waals surface area (Å²) in [5.41, 5.74) is 2.19. The standard InChI is InChI=1S/C24H25N3O4S2/c1-29-18-11-17(12-19(14-18)30-2)25-23(28)15-33-20-8-6-7-16(13-20)26-24(32)27-21-9-4-5-10-22(21)31-3/h4-14H,15H2,1-3H3,(H,25,28)(H2,26,27,32). The summed E-state index contributed by atoms with van der Waals surface area (Å²) in [5, 5.41) is 9.59. The lowest BCUT2D eigenvalue weighted by atomic mass is 10.2. The number of hydrogen-bond acceptors (Lipinski definition) is 6. The van der Waals surface area contributed by atoms with Gasteiger partial charge >= 0.3 is 0 Å². The lowest BCUT2D eigenvalue weighted by Crippen LogP contribution is -2.19. The van der Waals surface area contributed by atoms with Gasteiger partial charge in [0.1, 0.15) is 17.2 Å². The molecule has 0 aliphatic rings. The van der Waals surface area contributed by atoms with Crippen LogP contribution in [-0.4, -0.2) is 38.1 Å². The van der Waals surface area contributed by atoms with E-state index in [2.05, 4.69) is 16.0 Å². The molecule has 3 aromatic rings. The van der Waals surface area contributed by atoms with Gasteiger partial charge in [-0.2, -0.15) is 0 Å². The number of amides is 1. The predicted molar refractivity (Wildman–Crippen MR) is 138 cm³/mol. The Balaban J connectivity index is 1.55. The highest BCUT2D eigenvalue weighted by Crippen LogP contribution is 2.27. The molecule has 33 heavy (non-hydrogen) atoms. The first-order valence-electron chi connectivity index (χ1n) is 9.97. The molecule has 0 spiro atoms. The fourth-order valence-corrected chi connectivity index (χ4v) is 3.90. The molecule has 3 N–H and O–H groups in total. The molecule has 0 saturated heterocycles. The van der Waals surface area contributed by atoms with Gasteiger partial charge in [0.2, 0.25) is 5.91 Å². The molecule has 0 atom stereocenters. The lowest BCUT2D eigenvalue weighted by molar-refractivity contribution is -0.113. The van der Waals surface area contributed by atoms with Crippen LogP contribution in [0.3, 0.4) is 0 Å². The lowest BCUT2D eigenvalue weighted by Gasteiger charge is -2.14. The minimum atomic E-state index is -0.137. The number of hydrogen-bond donors (Lipinski definition) is 3. The number of methoxy groups -OCH3 is 3. The topological polar surface area (TPSA) is 80.9 Å². The number of carbonyl (C=O) groups excluding carboxylic acids is 1. The van der Waals surface area contributed by atoms with Crippen LogP contribution in [-0.2, 0) is 4.79 Å². The van der Waals surface area contributed by atoms with Crippen LogP contribution in [0.4, 0.5) is 17.1 Å². The third-order valence-electron chi connectivity index (χ3n) is 4.45. The summed E-state index contributed by atoms with van der Waals surface area (Å²) in [7, 11) is 4.74. The van der Waals surface area contributed by atoms with Gasteiger partial charge in [-0.25, -0.2) is 0 Å². The Bertz CT molecular complexity index is 1100. The van der Waals surface area contributed by atoms with E-state index in [-0.39, 0.29) is 11.7 Å². The molecule has 0 aliphatic carbocycles. The summed E-state index contributed by atoms with van der Waals surface area (Å²) in [5.74, 6) is 2.02. The minimum Gasteiger partial charge on any atom is -0.497 e. The molecule has 3 aromatic carbocycles. The predicted octanol–water partition coefficient (Wildman–Crippen LogP) is 5.25. The summed E-state index contributed by atoms with van der Waals surface area (Å²) < 4.78 is 15.8. The number of para-hydroxylation sites is 2. The molecule has 0 fully saturated rings. The molecule has 0 aliphatic heterocycles. The van der Waals surface area contributed by atoms with E-state index in [0.29, 0.717) is 28.0 Å². The van der Waals surface area contributed by atoms with Gasteiger partial charge in [0.05, 0.1) is 32.8 Å². The zero-order valence-electron chi connectivity index (χ0n) is 18.5. The largest absolute Gasteiger partial charge is 0.497 e. The summed E-state index contributed by atoms with van der Waals surface area (Å²) in [6.45, 7) is 0. The average Bonchev–Trinajstić information content (AvgIpc) is 2.83. The molecule has 172 valence electrons. The SMILES string of the molecule is COc1cc(NC(=O)CSc2cccc(NC(=S)Nc3ccccc3OC)c2)cc(OC)c1. The highest BCUT2D eigenvalue weighted by atomic mass is 32.2. The Kier molecular flexibility index (Phi) is 8.79. The number of rotatable bonds is 9. The third kappa shape index (κ3) is 7.30. The molecular weight excluding hydrogens is 458 g/mol. The summed E-state index contributed by atoms with van der Waals surface area (Å²) in [6.07, 6.45) is 0. The van der Waals surface area contributed by atoms with Crippen LogP contribution in [0.1, 0.15) is 0 Å². The van der Waals surface area contributed by atoms with Crippen molar-refractivity contribution in [2.75, 3.05) is 43.0 Å². The van der Waals surface area contributed by atoms with E-state index < -0.39 is 0 Å². The van der Waals surface area contributed by atoms with Crippen molar-refractivity contribution >= 4 is 52.1 Å². The smallest absolute Gasteiger partial charge is 0.234 e. The number of anilines is 3. The van der Waals surface area contributed by atoms with Crippen molar-refractivity contribution in [1.29, 1.82) is 0 Å². The molecule has 0 radical (unpaired) electrons. The zero-order chi connectivity index (χ0) is 23.6. The number of nitrogens with one attached hydrogen (secondary N) is 3. The number of benzene rings is 3. The van der Waals surface area contributed by atoms with Crippen molar-refractivity contribution < 1.29 is 19.0 Å². The molecule has 0 bridgehead atoms. The fourth-order valence-electron chi connectivity index (χ4n) is 2.92. The van der Waals surface area contributed by atoms with E-state index in [1.807, 2.05) is 48.5 Å². The normalized spacial score (nSPS) is 10.2. The van der Waals surface area contributed by atoms with Crippen LogP contribution >= 0.6 is 24.0 Å².